The summed E-state index contributed by atoms with van der Waals surface area (Å²) in [7, 11) is 1.59. The van der Waals surface area contributed by atoms with Crippen molar-refractivity contribution in [1.82, 2.24) is 5.32 Å². The molecule has 5 nitrogen and oxygen atoms in total. The number of carbonyl (C=O) groups is 1. The summed E-state index contributed by atoms with van der Waals surface area (Å²) in [6.07, 6.45) is 3.86. The molecule has 0 radical (unpaired) electrons. The molecule has 1 saturated heterocycles. The first-order valence-corrected chi connectivity index (χ1v) is 9.23. The van der Waals surface area contributed by atoms with E-state index >= 15 is 0 Å². The number of hydrogen-bond donors (Lipinski definition) is 2. The first-order valence-electron chi connectivity index (χ1n) is 9.23. The predicted molar refractivity (Wildman–Crippen MR) is 106 cm³/mol. The van der Waals surface area contributed by atoms with E-state index < -0.39 is 0 Å². The fraction of sp³-hybridized carbons (Fsp3) is 0.381. The lowest BCUT2D eigenvalue weighted by molar-refractivity contribution is 0.249. The molecule has 1 atom stereocenters. The zero-order chi connectivity index (χ0) is 18.4. The highest BCUT2D eigenvalue weighted by Gasteiger charge is 2.14. The number of piperidine rings is 1. The van der Waals surface area contributed by atoms with E-state index in [1.165, 1.54) is 24.9 Å². The zero-order valence-corrected chi connectivity index (χ0v) is 15.5. The molecule has 1 aliphatic heterocycles. The summed E-state index contributed by atoms with van der Waals surface area (Å²) < 4.78 is 5.26. The Hall–Kier alpha value is -2.69. The Balaban J connectivity index is 1.58. The molecule has 0 aromatic heterocycles. The third-order valence-electron chi connectivity index (χ3n) is 4.82. The van der Waals surface area contributed by atoms with Crippen molar-refractivity contribution in [3.63, 3.8) is 0 Å². The molecule has 0 unspecified atom stereocenters. The van der Waals surface area contributed by atoms with Gasteiger partial charge in [-0.25, -0.2) is 4.79 Å². The van der Waals surface area contributed by atoms with E-state index in [0.29, 0.717) is 11.4 Å². The van der Waals surface area contributed by atoms with Crippen molar-refractivity contribution in [1.29, 1.82) is 0 Å². The normalized spacial score (nSPS) is 15.2. The van der Waals surface area contributed by atoms with Crippen LogP contribution in [0.15, 0.2) is 48.5 Å². The lowest BCUT2D eigenvalue weighted by Crippen LogP contribution is -2.31. The number of benzene rings is 2. The second-order valence-corrected chi connectivity index (χ2v) is 6.66. The van der Waals surface area contributed by atoms with Crippen molar-refractivity contribution in [2.24, 2.45) is 0 Å². The van der Waals surface area contributed by atoms with Crippen LogP contribution in [0.4, 0.5) is 16.2 Å². The highest BCUT2D eigenvalue weighted by Crippen LogP contribution is 2.24. The van der Waals surface area contributed by atoms with Crippen LogP contribution in [0.1, 0.15) is 37.8 Å². The second kappa shape index (κ2) is 8.61. The van der Waals surface area contributed by atoms with Crippen LogP contribution in [-0.2, 0) is 0 Å². The number of nitrogens with one attached hydrogen (secondary N) is 2. The zero-order valence-electron chi connectivity index (χ0n) is 15.5. The minimum Gasteiger partial charge on any atom is -0.495 e. The Morgan fingerprint density at radius 2 is 1.73 bits per heavy atom. The van der Waals surface area contributed by atoms with Gasteiger partial charge in [-0.1, -0.05) is 24.3 Å². The van der Waals surface area contributed by atoms with Gasteiger partial charge in [0.2, 0.25) is 0 Å². The number of rotatable bonds is 5. The number of amides is 2. The van der Waals surface area contributed by atoms with E-state index in [2.05, 4.69) is 39.8 Å². The summed E-state index contributed by atoms with van der Waals surface area (Å²) >= 11 is 0. The number of ether oxygens (including phenoxy) is 1. The lowest BCUT2D eigenvalue weighted by atomic mass is 10.1. The Labute approximate surface area is 155 Å². The highest BCUT2D eigenvalue weighted by atomic mass is 16.5. The Kier molecular flexibility index (Phi) is 6.00. The van der Waals surface area contributed by atoms with Crippen LogP contribution < -0.4 is 20.3 Å². The van der Waals surface area contributed by atoms with Crippen LogP contribution in [0.3, 0.4) is 0 Å². The molecule has 2 aromatic rings. The Bertz CT molecular complexity index is 724. The summed E-state index contributed by atoms with van der Waals surface area (Å²) in [5.41, 5.74) is 3.00. The van der Waals surface area contributed by atoms with Gasteiger partial charge < -0.3 is 20.3 Å². The second-order valence-electron chi connectivity index (χ2n) is 6.66. The van der Waals surface area contributed by atoms with Gasteiger partial charge in [0.15, 0.2) is 0 Å². The van der Waals surface area contributed by atoms with Crippen LogP contribution in [0, 0.1) is 0 Å². The number of carbonyl (C=O) groups excluding carboxylic acids is 1. The average Bonchev–Trinajstić information content (AvgIpc) is 2.69. The van der Waals surface area contributed by atoms with Crippen LogP contribution in [0.25, 0.3) is 0 Å². The molecule has 1 heterocycles. The van der Waals surface area contributed by atoms with Gasteiger partial charge in [-0.15, -0.1) is 0 Å². The van der Waals surface area contributed by atoms with Gasteiger partial charge in [0.1, 0.15) is 5.75 Å². The van der Waals surface area contributed by atoms with Gasteiger partial charge in [0.05, 0.1) is 18.8 Å². The van der Waals surface area contributed by atoms with E-state index in [9.17, 15) is 4.79 Å². The SMILES string of the molecule is COc1ccccc1NC(=O)N[C@H](C)c1ccc(N2CCCCC2)cc1. The fourth-order valence-electron chi connectivity index (χ4n) is 3.31. The lowest BCUT2D eigenvalue weighted by Gasteiger charge is -2.29. The Morgan fingerprint density at radius 3 is 2.42 bits per heavy atom. The van der Waals surface area contributed by atoms with Crippen molar-refractivity contribution in [3.05, 3.63) is 54.1 Å². The fourth-order valence-corrected chi connectivity index (χ4v) is 3.31. The number of anilines is 2. The third kappa shape index (κ3) is 4.48. The molecule has 0 bridgehead atoms. The molecule has 1 fully saturated rings. The summed E-state index contributed by atoms with van der Waals surface area (Å²) in [6, 6.07) is 15.5. The van der Waals surface area contributed by atoms with E-state index in [4.69, 9.17) is 4.74 Å². The summed E-state index contributed by atoms with van der Waals surface area (Å²) in [5.74, 6) is 0.640. The molecule has 0 aliphatic carbocycles. The minimum atomic E-state index is -0.248. The number of urea groups is 1. The van der Waals surface area contributed by atoms with E-state index in [0.717, 1.165) is 18.7 Å². The molecule has 0 spiro atoms. The van der Waals surface area contributed by atoms with Gasteiger partial charge in [-0.05, 0) is 56.0 Å². The number of hydrogen-bond acceptors (Lipinski definition) is 3. The van der Waals surface area contributed by atoms with E-state index in [-0.39, 0.29) is 12.1 Å². The number of methoxy groups -OCH3 is 1. The third-order valence-corrected chi connectivity index (χ3v) is 4.82. The summed E-state index contributed by atoms with van der Waals surface area (Å²) in [6.45, 7) is 4.25. The molecule has 3 rings (SSSR count). The molecule has 2 aromatic carbocycles. The maximum atomic E-state index is 12.3. The largest absolute Gasteiger partial charge is 0.495 e. The predicted octanol–water partition coefficient (Wildman–Crippen LogP) is 4.57. The monoisotopic (exact) mass is 353 g/mol. The standard InChI is InChI=1S/C21H27N3O2/c1-16(22-21(25)23-19-8-4-5-9-20(19)26-2)17-10-12-18(13-11-17)24-14-6-3-7-15-24/h4-5,8-13,16H,3,6-7,14-15H2,1-2H3,(H2,22,23,25)/t16-/m1/s1. The number of nitrogens with zero attached hydrogens (tertiary/aromatic N) is 1. The smallest absolute Gasteiger partial charge is 0.319 e. The van der Waals surface area contributed by atoms with Gasteiger partial charge in [0.25, 0.3) is 0 Å². The van der Waals surface area contributed by atoms with Gasteiger partial charge in [-0.3, -0.25) is 0 Å². The first-order chi connectivity index (χ1) is 12.7. The molecule has 138 valence electrons. The maximum absolute atomic E-state index is 12.3. The quantitative estimate of drug-likeness (QED) is 0.828. The van der Waals surface area contributed by atoms with Crippen molar-refractivity contribution >= 4 is 17.4 Å². The van der Waals surface area contributed by atoms with Crippen molar-refractivity contribution in [3.8, 4) is 5.75 Å². The van der Waals surface area contributed by atoms with Gasteiger partial charge in [-0.2, -0.15) is 0 Å². The summed E-state index contributed by atoms with van der Waals surface area (Å²) in [5, 5.41) is 5.82. The molecule has 2 amide bonds. The van der Waals surface area contributed by atoms with E-state index in [1.54, 1.807) is 7.11 Å². The molecule has 2 N–H and O–H groups in total. The minimum absolute atomic E-state index is 0.0832. The Morgan fingerprint density at radius 1 is 1.04 bits per heavy atom. The molecular formula is C21H27N3O2. The van der Waals surface area contributed by atoms with Crippen molar-refractivity contribution < 1.29 is 9.53 Å². The van der Waals surface area contributed by atoms with Crippen LogP contribution in [-0.4, -0.2) is 26.2 Å². The number of para-hydroxylation sites is 2. The maximum Gasteiger partial charge on any atom is 0.319 e. The van der Waals surface area contributed by atoms with E-state index in [1.807, 2.05) is 31.2 Å². The first kappa shape index (κ1) is 18.1. The van der Waals surface area contributed by atoms with Crippen LogP contribution in [0.5, 0.6) is 5.75 Å². The molecule has 5 heteroatoms. The summed E-state index contributed by atoms with van der Waals surface area (Å²) in [4.78, 5) is 14.7. The van der Waals surface area contributed by atoms with Gasteiger partial charge >= 0.3 is 6.03 Å². The van der Waals surface area contributed by atoms with Gasteiger partial charge in [0, 0.05) is 18.8 Å². The molecular weight excluding hydrogens is 326 g/mol. The van der Waals surface area contributed by atoms with Crippen LogP contribution >= 0.6 is 0 Å². The molecule has 1 aliphatic rings. The topological polar surface area (TPSA) is 53.6 Å². The average molecular weight is 353 g/mol. The van der Waals surface area contributed by atoms with Crippen molar-refractivity contribution in [2.75, 3.05) is 30.4 Å². The van der Waals surface area contributed by atoms with Crippen molar-refractivity contribution in [2.45, 2.75) is 32.2 Å². The highest BCUT2D eigenvalue weighted by molar-refractivity contribution is 5.91. The molecule has 26 heavy (non-hydrogen) atoms. The molecule has 0 saturated carbocycles. The van der Waals surface area contributed by atoms with Crippen LogP contribution in [0.2, 0.25) is 0 Å².